The van der Waals surface area contributed by atoms with Crippen molar-refractivity contribution in [3.8, 4) is 0 Å². The van der Waals surface area contributed by atoms with Gasteiger partial charge in [0.2, 0.25) is 0 Å². The van der Waals surface area contributed by atoms with Gasteiger partial charge in [-0.25, -0.2) is 35.4 Å². The maximum absolute atomic E-state index is 13.1. The van der Waals surface area contributed by atoms with Gasteiger partial charge in [-0.15, -0.1) is 0 Å². The monoisotopic (exact) mass is 1420 g/mol. The number of hydrogen-bond acceptors (Lipinski definition) is 23. The number of rotatable bonds is 26. The van der Waals surface area contributed by atoms with Crippen LogP contribution in [-0.2, 0) is 38.6 Å². The molecule has 0 fully saturated rings. The average molecular weight is 1430 g/mol. The third kappa shape index (κ3) is 25.4. The number of carboxylic acid groups (broad SMARTS) is 5. The summed E-state index contributed by atoms with van der Waals surface area (Å²) in [4.78, 5) is 101. The fourth-order valence-corrected chi connectivity index (χ4v) is 10.0. The van der Waals surface area contributed by atoms with Gasteiger partial charge >= 0.3 is 29.8 Å². The summed E-state index contributed by atoms with van der Waals surface area (Å²) < 4.78 is 0. The van der Waals surface area contributed by atoms with Crippen LogP contribution in [0.2, 0.25) is 0 Å². The lowest BCUT2D eigenvalue weighted by molar-refractivity contribution is -0.203. The maximum atomic E-state index is 13.1. The lowest BCUT2D eigenvalue weighted by Crippen LogP contribution is -2.29. The van der Waals surface area contributed by atoms with Crippen LogP contribution in [0.5, 0.6) is 0 Å². The van der Waals surface area contributed by atoms with Gasteiger partial charge in [-0.05, 0) is 211 Å². The van der Waals surface area contributed by atoms with E-state index in [9.17, 15) is 33.6 Å². The Hall–Kier alpha value is -12.3. The first-order valence-corrected chi connectivity index (χ1v) is 31.3. The third-order valence-corrected chi connectivity index (χ3v) is 15.5. The van der Waals surface area contributed by atoms with Crippen molar-refractivity contribution < 1.29 is 89.5 Å². The number of aliphatic imine (C=N–C) groups is 1. The van der Waals surface area contributed by atoms with Gasteiger partial charge in [0.05, 0.1) is 79.2 Å². The molecule has 0 atom stereocenters. The quantitative estimate of drug-likeness (QED) is 0.0104. The van der Waals surface area contributed by atoms with Gasteiger partial charge in [-0.2, -0.15) is 15.2 Å². The number of nitrogens with two attached hydrogens (primary N) is 4. The molecule has 8 rings (SSSR count). The minimum absolute atomic E-state index is 0. The van der Waals surface area contributed by atoms with Crippen LogP contribution in [0.3, 0.4) is 0 Å². The molecule has 2 aliphatic heterocycles. The number of amides is 2. The van der Waals surface area contributed by atoms with Crippen molar-refractivity contribution in [1.29, 1.82) is 0 Å². The number of carbonyl (C=O) groups excluding carboxylic acids is 2. The lowest BCUT2D eigenvalue weighted by atomic mass is 10.1. The SMILES string of the molecule is C.C=C(CN(CCC(=O)O)c1cc(C)c(N)c(C)c1)OO.C=C(CN(CCC(=O)O)c1cc(C)c(N)c(C)c1)OO.C=C(CN(CCC(=O)O)c1cc(C)c(N=C2C(=O)N(c3ccc(C(=O)O)cc3)N=C2C)c(C)c1)OO.CC1=NN(c2ccc(C(=O)O)cc2)C(=O)C1.Cc1cc(N)cc(C)c1N. The zero-order valence-corrected chi connectivity index (χ0v) is 58.5. The second kappa shape index (κ2) is 39.5. The fourth-order valence-electron chi connectivity index (χ4n) is 10.0. The molecule has 0 radical (unpaired) electrons. The molecule has 0 saturated carbocycles. The number of aromatic carboxylic acids is 2. The highest BCUT2D eigenvalue weighted by Crippen LogP contribution is 2.33. The second-order valence-corrected chi connectivity index (χ2v) is 23.8. The topological polar surface area (TPSA) is 466 Å². The normalized spacial score (nSPS) is 12.2. The van der Waals surface area contributed by atoms with Gasteiger partial charge in [0.1, 0.15) is 0 Å². The van der Waals surface area contributed by atoms with Crippen molar-refractivity contribution in [3.05, 3.63) is 190 Å². The van der Waals surface area contributed by atoms with Crippen LogP contribution in [0, 0.1) is 55.4 Å². The molecule has 0 aliphatic carbocycles. The Balaban J connectivity index is 0.000000355. The number of hydrogen-bond donors (Lipinski definition) is 12. The number of aliphatic carboxylic acids is 3. The van der Waals surface area contributed by atoms with Crippen molar-refractivity contribution in [2.45, 2.75) is 102 Å². The number of benzene rings is 6. The summed E-state index contributed by atoms with van der Waals surface area (Å²) in [7, 11) is 0. The van der Waals surface area contributed by atoms with E-state index >= 15 is 0 Å². The predicted octanol–water partition coefficient (Wildman–Crippen LogP) is 11.7. The molecule has 103 heavy (non-hydrogen) atoms. The summed E-state index contributed by atoms with van der Waals surface area (Å²) >= 11 is 0. The summed E-state index contributed by atoms with van der Waals surface area (Å²) in [5, 5.41) is 81.4. The molecule has 6 aromatic rings. The summed E-state index contributed by atoms with van der Waals surface area (Å²) in [6.07, 6.45) is 0.136. The molecule has 0 unspecified atom stereocenters. The molecule has 6 aromatic carbocycles. The van der Waals surface area contributed by atoms with Crippen LogP contribution in [0.1, 0.15) is 112 Å². The number of hydrazone groups is 2. The fraction of sp³-hybridized carbons (Fsp3) is 0.288. The minimum Gasteiger partial charge on any atom is -0.481 e. The zero-order chi connectivity index (χ0) is 76.6. The highest BCUT2D eigenvalue weighted by atomic mass is 17.1. The average Bonchev–Trinajstić information content (AvgIpc) is 1.69. The van der Waals surface area contributed by atoms with Crippen LogP contribution < -0.4 is 47.7 Å². The van der Waals surface area contributed by atoms with E-state index in [0.717, 1.165) is 73.0 Å². The summed E-state index contributed by atoms with van der Waals surface area (Å²) in [5.41, 5.74) is 38.8. The minimum atomic E-state index is -1.07. The second-order valence-electron chi connectivity index (χ2n) is 23.8. The Morgan fingerprint density at radius 3 is 1.06 bits per heavy atom. The first-order valence-electron chi connectivity index (χ1n) is 31.3. The van der Waals surface area contributed by atoms with Crippen LogP contribution in [0.25, 0.3) is 0 Å². The number of nitrogens with zero attached hydrogens (tertiary/aromatic N) is 8. The van der Waals surface area contributed by atoms with E-state index in [-0.39, 0.29) is 106 Å². The van der Waals surface area contributed by atoms with Gasteiger partial charge in [-0.3, -0.25) is 24.0 Å². The first kappa shape index (κ1) is 84.9. The predicted molar refractivity (Wildman–Crippen MR) is 400 cm³/mol. The van der Waals surface area contributed by atoms with Crippen molar-refractivity contribution in [2.75, 3.05) is 86.9 Å². The molecule has 30 heteroatoms. The molecular formula is C73H92N12O18. The van der Waals surface area contributed by atoms with Gasteiger partial charge in [0.25, 0.3) is 11.8 Å². The van der Waals surface area contributed by atoms with Crippen LogP contribution in [-0.4, -0.2) is 139 Å². The maximum Gasteiger partial charge on any atom is 0.335 e. The molecule has 0 bridgehead atoms. The highest BCUT2D eigenvalue weighted by molar-refractivity contribution is 6.71. The summed E-state index contributed by atoms with van der Waals surface area (Å²) in [6.45, 7) is 30.4. The molecule has 2 heterocycles. The number of nitrogen functional groups attached to an aromatic ring is 4. The van der Waals surface area contributed by atoms with Crippen molar-refractivity contribution in [1.82, 2.24) is 0 Å². The largest absolute Gasteiger partial charge is 0.481 e. The molecule has 30 nitrogen and oxygen atoms in total. The Morgan fingerprint density at radius 1 is 0.476 bits per heavy atom. The van der Waals surface area contributed by atoms with Crippen LogP contribution in [0.15, 0.2) is 149 Å². The van der Waals surface area contributed by atoms with E-state index in [1.807, 2.05) is 91.8 Å². The van der Waals surface area contributed by atoms with Gasteiger partial charge < -0.3 is 77.8 Å². The molecule has 0 aromatic heterocycles. The van der Waals surface area contributed by atoms with Gasteiger partial charge in [0, 0.05) is 65.2 Å². The molecule has 2 amide bonds. The van der Waals surface area contributed by atoms with Crippen molar-refractivity contribution in [2.24, 2.45) is 15.2 Å². The molecule has 16 N–H and O–H groups in total. The third-order valence-electron chi connectivity index (χ3n) is 15.5. The smallest absolute Gasteiger partial charge is 0.335 e. The molecular weight excluding hydrogens is 1330 g/mol. The summed E-state index contributed by atoms with van der Waals surface area (Å²) in [6, 6.07) is 26.7. The van der Waals surface area contributed by atoms with E-state index in [4.69, 9.17) is 64.2 Å². The summed E-state index contributed by atoms with van der Waals surface area (Å²) in [5.74, 6) is -5.02. The van der Waals surface area contributed by atoms with E-state index in [1.165, 1.54) is 46.4 Å². The first-order chi connectivity index (χ1) is 47.9. The Kier molecular flexibility index (Phi) is 32.6. The van der Waals surface area contributed by atoms with E-state index < -0.39 is 35.8 Å². The molecule has 2 aliphatic rings. The lowest BCUT2D eigenvalue weighted by Gasteiger charge is -2.25. The Labute approximate surface area is 597 Å². The standard InChI is InChI=1S/C25H26N4O7.2C14H20N2O4.C11H10N2O3.C8H12N2.CH4/c1-14-11-20(28(10-9-21(30)31)13-16(3)36-35)12-15(2)22(14)26-23-17(4)27-29(24(23)32)19-7-5-18(6-8-19)25(33)34;2*1-9-6-12(7-10(2)14(9)15)16(5-4-13(17)18)8-11(3)20-19;1-7-6-10(14)13(12-7)9-4-2-8(3-5-9)11(15)16;1-5-3-7(9)4-6(2)8(5)10;/h5-8,11-12,35H,3,9-10,13H2,1-2,4H3,(H,30,31)(H,33,34);2*6-7,19H,3-5,8,15H2,1-2H3,(H,17,18);2-5H,6H2,1H3,(H,15,16);3-4H,9-10H2,1-2H3;1H4. The Bertz CT molecular complexity index is 4020. The molecule has 0 saturated heterocycles. The highest BCUT2D eigenvalue weighted by Gasteiger charge is 2.31. The number of aryl methyl sites for hydroxylation is 8. The zero-order valence-electron chi connectivity index (χ0n) is 58.5. The van der Waals surface area contributed by atoms with Crippen molar-refractivity contribution >= 4 is 116 Å². The van der Waals surface area contributed by atoms with E-state index in [1.54, 1.807) is 52.8 Å². The number of anilines is 9. The van der Waals surface area contributed by atoms with E-state index in [0.29, 0.717) is 46.3 Å². The van der Waals surface area contributed by atoms with Crippen LogP contribution in [0.4, 0.5) is 56.9 Å². The Morgan fingerprint density at radius 2 is 0.777 bits per heavy atom. The van der Waals surface area contributed by atoms with Crippen LogP contribution >= 0.6 is 0 Å². The molecule has 0 spiro atoms. The number of carbonyl (C=O) groups is 7. The van der Waals surface area contributed by atoms with E-state index in [2.05, 4.69) is 49.6 Å². The number of carboxylic acids is 5. The van der Waals surface area contributed by atoms with Crippen molar-refractivity contribution in [3.63, 3.8) is 0 Å². The molecule has 552 valence electrons. The van der Waals surface area contributed by atoms with Gasteiger partial charge in [-0.1, -0.05) is 27.2 Å². The van der Waals surface area contributed by atoms with Gasteiger partial charge in [0.15, 0.2) is 23.0 Å².